The lowest BCUT2D eigenvalue weighted by atomic mass is 10.1. The second kappa shape index (κ2) is 8.34. The molecule has 2 rings (SSSR count). The van der Waals surface area contributed by atoms with Gasteiger partial charge in [0.05, 0.1) is 16.1 Å². The number of carbonyl (C=O) groups is 2. The van der Waals surface area contributed by atoms with Crippen molar-refractivity contribution in [1.82, 2.24) is 10.6 Å². The van der Waals surface area contributed by atoms with E-state index in [-0.39, 0.29) is 30.8 Å². The first-order valence-corrected chi connectivity index (χ1v) is 8.72. The standard InChI is InChI=1S/C16H16Cl2N2O2S/c1-10(11-2-3-13(17)14(18)8-11)20-15(21)4-6-19-16(22)12-5-7-23-9-12/h2-3,5,7-10H,4,6H2,1H3,(H,19,22)(H,20,21). The molecule has 0 radical (unpaired) electrons. The van der Waals surface area contributed by atoms with Gasteiger partial charge in [0, 0.05) is 23.9 Å². The summed E-state index contributed by atoms with van der Waals surface area (Å²) >= 11 is 13.3. The normalized spacial score (nSPS) is 11.8. The molecule has 1 unspecified atom stereocenters. The average Bonchev–Trinajstić information content (AvgIpc) is 3.04. The molecule has 1 aromatic heterocycles. The highest BCUT2D eigenvalue weighted by atomic mass is 35.5. The molecule has 2 amide bonds. The third-order valence-electron chi connectivity index (χ3n) is 3.24. The summed E-state index contributed by atoms with van der Waals surface area (Å²) in [4.78, 5) is 23.7. The molecule has 1 atom stereocenters. The van der Waals surface area contributed by atoms with Crippen LogP contribution in [0.5, 0.6) is 0 Å². The predicted molar refractivity (Wildman–Crippen MR) is 94.3 cm³/mol. The number of hydrogen-bond donors (Lipinski definition) is 2. The molecule has 1 aromatic carbocycles. The number of thiophene rings is 1. The molecular formula is C16H16Cl2N2O2S. The molecule has 122 valence electrons. The van der Waals surface area contributed by atoms with Crippen molar-refractivity contribution in [3.05, 3.63) is 56.2 Å². The SMILES string of the molecule is CC(NC(=O)CCNC(=O)c1ccsc1)c1ccc(Cl)c(Cl)c1. The molecule has 2 aromatic rings. The largest absolute Gasteiger partial charge is 0.351 e. The van der Waals surface area contributed by atoms with Gasteiger partial charge in [0.15, 0.2) is 0 Å². The molecule has 0 saturated heterocycles. The topological polar surface area (TPSA) is 58.2 Å². The van der Waals surface area contributed by atoms with Crippen molar-refractivity contribution in [3.8, 4) is 0 Å². The van der Waals surface area contributed by atoms with Gasteiger partial charge in [0.2, 0.25) is 5.91 Å². The van der Waals surface area contributed by atoms with Gasteiger partial charge in [-0.3, -0.25) is 9.59 Å². The molecule has 2 N–H and O–H groups in total. The summed E-state index contributed by atoms with van der Waals surface area (Å²) in [7, 11) is 0. The summed E-state index contributed by atoms with van der Waals surface area (Å²) in [5.41, 5.74) is 1.48. The van der Waals surface area contributed by atoms with E-state index in [0.717, 1.165) is 5.56 Å². The van der Waals surface area contributed by atoms with Gasteiger partial charge >= 0.3 is 0 Å². The zero-order valence-corrected chi connectivity index (χ0v) is 14.8. The predicted octanol–water partition coefficient (Wildman–Crippen LogP) is 4.05. The Hall–Kier alpha value is -1.56. The van der Waals surface area contributed by atoms with Crippen LogP contribution in [0.25, 0.3) is 0 Å². The summed E-state index contributed by atoms with van der Waals surface area (Å²) < 4.78 is 0. The molecule has 4 nitrogen and oxygen atoms in total. The summed E-state index contributed by atoms with van der Waals surface area (Å²) in [5.74, 6) is -0.314. The van der Waals surface area contributed by atoms with Gasteiger partial charge in [0.25, 0.3) is 5.91 Å². The van der Waals surface area contributed by atoms with Crippen molar-refractivity contribution >= 4 is 46.4 Å². The first kappa shape index (κ1) is 17.8. The fourth-order valence-electron chi connectivity index (χ4n) is 1.96. The van der Waals surface area contributed by atoms with E-state index in [4.69, 9.17) is 23.2 Å². The van der Waals surface area contributed by atoms with Crippen molar-refractivity contribution in [2.75, 3.05) is 6.54 Å². The number of hydrogen-bond acceptors (Lipinski definition) is 3. The van der Waals surface area contributed by atoms with Crippen LogP contribution in [0.3, 0.4) is 0 Å². The number of benzene rings is 1. The van der Waals surface area contributed by atoms with Gasteiger partial charge in [-0.25, -0.2) is 0 Å². The molecule has 0 aliphatic rings. The van der Waals surface area contributed by atoms with Crippen molar-refractivity contribution < 1.29 is 9.59 Å². The summed E-state index contributed by atoms with van der Waals surface area (Å²) in [6.07, 6.45) is 0.210. The van der Waals surface area contributed by atoms with E-state index in [2.05, 4.69) is 10.6 Å². The van der Waals surface area contributed by atoms with Crippen LogP contribution < -0.4 is 10.6 Å². The quantitative estimate of drug-likeness (QED) is 0.805. The molecule has 0 aliphatic carbocycles. The Balaban J connectivity index is 1.77. The number of rotatable bonds is 6. The van der Waals surface area contributed by atoms with E-state index in [9.17, 15) is 9.59 Å². The first-order chi connectivity index (χ1) is 11.0. The molecule has 0 saturated carbocycles. The molecular weight excluding hydrogens is 355 g/mol. The van der Waals surface area contributed by atoms with Crippen LogP contribution in [-0.2, 0) is 4.79 Å². The van der Waals surface area contributed by atoms with Gasteiger partial charge in [0.1, 0.15) is 0 Å². The van der Waals surface area contributed by atoms with Gasteiger partial charge in [-0.1, -0.05) is 29.3 Å². The van der Waals surface area contributed by atoms with Crippen molar-refractivity contribution in [2.45, 2.75) is 19.4 Å². The number of halogens is 2. The Morgan fingerprint density at radius 2 is 2.00 bits per heavy atom. The molecule has 7 heteroatoms. The minimum absolute atomic E-state index is 0.144. The Morgan fingerprint density at radius 1 is 1.22 bits per heavy atom. The van der Waals surface area contributed by atoms with Gasteiger partial charge in [-0.15, -0.1) is 0 Å². The fraction of sp³-hybridized carbons (Fsp3) is 0.250. The molecule has 1 heterocycles. The van der Waals surface area contributed by atoms with Crippen molar-refractivity contribution in [1.29, 1.82) is 0 Å². The maximum absolute atomic E-state index is 11.9. The summed E-state index contributed by atoms with van der Waals surface area (Å²) in [6, 6.07) is 6.80. The first-order valence-electron chi connectivity index (χ1n) is 7.02. The highest BCUT2D eigenvalue weighted by Gasteiger charge is 2.12. The number of carbonyl (C=O) groups excluding carboxylic acids is 2. The van der Waals surface area contributed by atoms with Crippen LogP contribution in [0.15, 0.2) is 35.0 Å². The van der Waals surface area contributed by atoms with Crippen LogP contribution in [0.1, 0.15) is 35.3 Å². The van der Waals surface area contributed by atoms with Crippen molar-refractivity contribution in [3.63, 3.8) is 0 Å². The highest BCUT2D eigenvalue weighted by molar-refractivity contribution is 7.08. The Bertz CT molecular complexity index is 689. The van der Waals surface area contributed by atoms with Crippen molar-refractivity contribution in [2.24, 2.45) is 0 Å². The highest BCUT2D eigenvalue weighted by Crippen LogP contribution is 2.25. The molecule has 0 spiro atoms. The lowest BCUT2D eigenvalue weighted by Crippen LogP contribution is -2.31. The minimum atomic E-state index is -0.190. The second-order valence-corrected chi connectivity index (χ2v) is 6.58. The average molecular weight is 371 g/mol. The molecule has 23 heavy (non-hydrogen) atoms. The Morgan fingerprint density at radius 3 is 2.65 bits per heavy atom. The van der Waals surface area contributed by atoms with Crippen LogP contribution in [0.4, 0.5) is 0 Å². The fourth-order valence-corrected chi connectivity index (χ4v) is 2.91. The lowest BCUT2D eigenvalue weighted by Gasteiger charge is -2.15. The maximum Gasteiger partial charge on any atom is 0.252 e. The van der Waals surface area contributed by atoms with E-state index in [1.165, 1.54) is 11.3 Å². The number of nitrogens with one attached hydrogen (secondary N) is 2. The molecule has 0 fully saturated rings. The van der Waals surface area contributed by atoms with E-state index in [1.807, 2.05) is 18.4 Å². The zero-order valence-electron chi connectivity index (χ0n) is 12.4. The van der Waals surface area contributed by atoms with Crippen LogP contribution >= 0.6 is 34.5 Å². The Labute approximate surface area is 148 Å². The van der Waals surface area contributed by atoms with E-state index in [0.29, 0.717) is 15.6 Å². The maximum atomic E-state index is 11.9. The minimum Gasteiger partial charge on any atom is -0.351 e. The van der Waals surface area contributed by atoms with Gasteiger partial charge < -0.3 is 10.6 Å². The van der Waals surface area contributed by atoms with Crippen LogP contribution in [0, 0.1) is 0 Å². The number of amides is 2. The molecule has 0 bridgehead atoms. The monoisotopic (exact) mass is 370 g/mol. The van der Waals surface area contributed by atoms with Gasteiger partial charge in [-0.05, 0) is 36.1 Å². The van der Waals surface area contributed by atoms with E-state index >= 15 is 0 Å². The Kier molecular flexibility index (Phi) is 6.45. The van der Waals surface area contributed by atoms with Crippen LogP contribution in [-0.4, -0.2) is 18.4 Å². The summed E-state index contributed by atoms with van der Waals surface area (Å²) in [6.45, 7) is 2.15. The van der Waals surface area contributed by atoms with Crippen LogP contribution in [0.2, 0.25) is 10.0 Å². The van der Waals surface area contributed by atoms with E-state index in [1.54, 1.807) is 23.6 Å². The second-order valence-electron chi connectivity index (χ2n) is 4.98. The third kappa shape index (κ3) is 5.23. The summed E-state index contributed by atoms with van der Waals surface area (Å²) in [5, 5.41) is 10.1. The van der Waals surface area contributed by atoms with E-state index < -0.39 is 0 Å². The smallest absolute Gasteiger partial charge is 0.252 e. The third-order valence-corrected chi connectivity index (χ3v) is 4.66. The molecule has 0 aliphatic heterocycles. The van der Waals surface area contributed by atoms with Gasteiger partial charge in [-0.2, -0.15) is 11.3 Å². The zero-order chi connectivity index (χ0) is 16.8. The lowest BCUT2D eigenvalue weighted by molar-refractivity contribution is -0.121.